The molecule has 0 spiro atoms. The zero-order valence-electron chi connectivity index (χ0n) is 15.1. The lowest BCUT2D eigenvalue weighted by molar-refractivity contribution is -0.122. The second-order valence-corrected chi connectivity index (χ2v) is 7.08. The van der Waals surface area contributed by atoms with E-state index in [1.807, 2.05) is 24.3 Å². The normalized spacial score (nSPS) is 25.5. The summed E-state index contributed by atoms with van der Waals surface area (Å²) in [5.74, 6) is 1.67. The molecule has 25 heavy (non-hydrogen) atoms. The second-order valence-electron chi connectivity index (χ2n) is 7.08. The molecule has 1 amide bonds. The smallest absolute Gasteiger partial charge is 0.221 e. The van der Waals surface area contributed by atoms with Gasteiger partial charge in [0.2, 0.25) is 5.91 Å². The molecule has 0 saturated carbocycles. The minimum Gasteiger partial charge on any atom is -0.497 e. The van der Waals surface area contributed by atoms with Gasteiger partial charge in [0.15, 0.2) is 0 Å². The van der Waals surface area contributed by atoms with E-state index in [4.69, 9.17) is 9.47 Å². The van der Waals surface area contributed by atoms with Crippen molar-refractivity contribution in [1.82, 2.24) is 16.2 Å². The molecule has 1 aromatic carbocycles. The number of carbonyl (C=O) groups is 1. The second kappa shape index (κ2) is 8.65. The summed E-state index contributed by atoms with van der Waals surface area (Å²) in [5.41, 5.74) is 7.69. The highest BCUT2D eigenvalue weighted by molar-refractivity contribution is 5.77. The van der Waals surface area contributed by atoms with E-state index < -0.39 is 0 Å². The van der Waals surface area contributed by atoms with Crippen LogP contribution in [-0.4, -0.2) is 38.4 Å². The van der Waals surface area contributed by atoms with Gasteiger partial charge in [-0.2, -0.15) is 0 Å². The first-order chi connectivity index (χ1) is 12.2. The number of amides is 1. The van der Waals surface area contributed by atoms with E-state index in [0.29, 0.717) is 18.4 Å². The summed E-state index contributed by atoms with van der Waals surface area (Å²) in [6.07, 6.45) is 3.56. The zero-order chi connectivity index (χ0) is 17.6. The quantitative estimate of drug-likeness (QED) is 0.733. The third-order valence-electron chi connectivity index (χ3n) is 5.26. The van der Waals surface area contributed by atoms with Gasteiger partial charge in [-0.25, -0.2) is 5.43 Å². The van der Waals surface area contributed by atoms with E-state index in [9.17, 15) is 4.79 Å². The summed E-state index contributed by atoms with van der Waals surface area (Å²) < 4.78 is 10.7. The zero-order valence-corrected chi connectivity index (χ0v) is 15.1. The standard InChI is InChI=1S/C19H29N3O3/c1-13(15-4-3-5-16(11-15)24-2)10-19(23)20-18-12-17(21-22-18)14-6-8-25-9-7-14/h3-5,11,13-14,17-18,21-22H,6-10,12H2,1-2H3,(H,20,23). The van der Waals surface area contributed by atoms with Crippen LogP contribution in [0.3, 0.4) is 0 Å². The fourth-order valence-electron chi connectivity index (χ4n) is 3.70. The monoisotopic (exact) mass is 347 g/mol. The molecule has 0 radical (unpaired) electrons. The molecule has 138 valence electrons. The number of hydrogen-bond donors (Lipinski definition) is 3. The molecule has 6 heteroatoms. The van der Waals surface area contributed by atoms with E-state index in [1.54, 1.807) is 7.11 Å². The van der Waals surface area contributed by atoms with Gasteiger partial charge in [0.25, 0.3) is 0 Å². The summed E-state index contributed by atoms with van der Waals surface area (Å²) in [5, 5.41) is 3.10. The van der Waals surface area contributed by atoms with Crippen LogP contribution in [0.2, 0.25) is 0 Å². The van der Waals surface area contributed by atoms with Crippen molar-refractivity contribution in [3.05, 3.63) is 29.8 Å². The van der Waals surface area contributed by atoms with Crippen LogP contribution in [0.25, 0.3) is 0 Å². The molecule has 6 nitrogen and oxygen atoms in total. The van der Waals surface area contributed by atoms with Gasteiger partial charge in [0, 0.05) is 25.7 Å². The molecule has 0 aliphatic carbocycles. The van der Waals surface area contributed by atoms with Crippen LogP contribution < -0.4 is 20.9 Å². The molecule has 3 atom stereocenters. The summed E-state index contributed by atoms with van der Waals surface area (Å²) in [4.78, 5) is 12.4. The Labute approximate surface area is 149 Å². The first kappa shape index (κ1) is 18.2. The lowest BCUT2D eigenvalue weighted by atomic mass is 9.90. The number of carbonyl (C=O) groups excluding carboxylic acids is 1. The van der Waals surface area contributed by atoms with Crippen molar-refractivity contribution >= 4 is 5.91 Å². The minimum atomic E-state index is -0.00199. The Hall–Kier alpha value is -1.63. The number of hydrogen-bond acceptors (Lipinski definition) is 5. The third kappa shape index (κ3) is 4.93. The highest BCUT2D eigenvalue weighted by Gasteiger charge is 2.32. The van der Waals surface area contributed by atoms with Crippen molar-refractivity contribution in [1.29, 1.82) is 0 Å². The van der Waals surface area contributed by atoms with Crippen molar-refractivity contribution in [2.24, 2.45) is 5.92 Å². The van der Waals surface area contributed by atoms with Gasteiger partial charge in [-0.05, 0) is 48.8 Å². The first-order valence-corrected chi connectivity index (χ1v) is 9.18. The Morgan fingerprint density at radius 3 is 2.92 bits per heavy atom. The highest BCUT2D eigenvalue weighted by atomic mass is 16.5. The molecule has 1 aromatic rings. The molecule has 0 aromatic heterocycles. The maximum Gasteiger partial charge on any atom is 0.221 e. The molecular weight excluding hydrogens is 318 g/mol. The van der Waals surface area contributed by atoms with Crippen LogP contribution in [0.1, 0.15) is 44.1 Å². The van der Waals surface area contributed by atoms with Gasteiger partial charge in [-0.15, -0.1) is 0 Å². The van der Waals surface area contributed by atoms with E-state index in [2.05, 4.69) is 23.1 Å². The molecule has 3 unspecified atom stereocenters. The van der Waals surface area contributed by atoms with E-state index in [1.165, 1.54) is 0 Å². The Morgan fingerprint density at radius 2 is 2.16 bits per heavy atom. The van der Waals surface area contributed by atoms with Gasteiger partial charge in [-0.3, -0.25) is 10.2 Å². The predicted molar refractivity (Wildman–Crippen MR) is 96.2 cm³/mol. The van der Waals surface area contributed by atoms with Crippen LogP contribution in [0.5, 0.6) is 5.75 Å². The molecule has 3 N–H and O–H groups in total. The maximum atomic E-state index is 12.4. The highest BCUT2D eigenvalue weighted by Crippen LogP contribution is 2.25. The molecule has 0 bridgehead atoms. The van der Waals surface area contributed by atoms with Crippen molar-refractivity contribution in [2.75, 3.05) is 20.3 Å². The Morgan fingerprint density at radius 1 is 1.36 bits per heavy atom. The third-order valence-corrected chi connectivity index (χ3v) is 5.26. The van der Waals surface area contributed by atoms with Gasteiger partial charge in [0.1, 0.15) is 5.75 Å². The molecule has 2 saturated heterocycles. The number of rotatable bonds is 6. The number of methoxy groups -OCH3 is 1. The maximum absolute atomic E-state index is 12.4. The number of benzene rings is 1. The Balaban J connectivity index is 1.46. The number of ether oxygens (including phenoxy) is 2. The first-order valence-electron chi connectivity index (χ1n) is 9.18. The molecule has 2 aliphatic rings. The van der Waals surface area contributed by atoms with Crippen molar-refractivity contribution < 1.29 is 14.3 Å². The van der Waals surface area contributed by atoms with Crippen LogP contribution in [-0.2, 0) is 9.53 Å². The largest absolute Gasteiger partial charge is 0.497 e. The summed E-state index contributed by atoms with van der Waals surface area (Å²) >= 11 is 0. The molecule has 2 aliphatic heterocycles. The summed E-state index contributed by atoms with van der Waals surface area (Å²) in [6, 6.07) is 8.32. The molecule has 2 fully saturated rings. The molecule has 2 heterocycles. The minimum absolute atomic E-state index is 0.00199. The van der Waals surface area contributed by atoms with Crippen molar-refractivity contribution in [3.8, 4) is 5.75 Å². The topological polar surface area (TPSA) is 71.6 Å². The van der Waals surface area contributed by atoms with Crippen LogP contribution in [0.4, 0.5) is 0 Å². The Bertz CT molecular complexity index is 575. The summed E-state index contributed by atoms with van der Waals surface area (Å²) in [7, 11) is 1.66. The average Bonchev–Trinajstić information content (AvgIpc) is 3.10. The fraction of sp³-hybridized carbons (Fsp3) is 0.632. The SMILES string of the molecule is COc1cccc(C(C)CC(=O)NC2CC(C3CCOCC3)NN2)c1. The van der Waals surface area contributed by atoms with E-state index in [-0.39, 0.29) is 18.0 Å². The van der Waals surface area contributed by atoms with Crippen molar-refractivity contribution in [3.63, 3.8) is 0 Å². The van der Waals surface area contributed by atoms with Gasteiger partial charge >= 0.3 is 0 Å². The predicted octanol–water partition coefficient (Wildman–Crippen LogP) is 1.92. The number of hydrazine groups is 1. The van der Waals surface area contributed by atoms with E-state index in [0.717, 1.165) is 43.8 Å². The lowest BCUT2D eigenvalue weighted by Crippen LogP contribution is -2.45. The van der Waals surface area contributed by atoms with Crippen LogP contribution in [0, 0.1) is 5.92 Å². The van der Waals surface area contributed by atoms with Gasteiger partial charge in [-0.1, -0.05) is 19.1 Å². The van der Waals surface area contributed by atoms with Gasteiger partial charge in [0.05, 0.1) is 13.3 Å². The van der Waals surface area contributed by atoms with Gasteiger partial charge < -0.3 is 14.8 Å². The van der Waals surface area contributed by atoms with Crippen LogP contribution >= 0.6 is 0 Å². The average molecular weight is 347 g/mol. The lowest BCUT2D eigenvalue weighted by Gasteiger charge is -2.26. The van der Waals surface area contributed by atoms with Crippen LogP contribution in [0.15, 0.2) is 24.3 Å². The molecular formula is C19H29N3O3. The van der Waals surface area contributed by atoms with E-state index >= 15 is 0 Å². The number of nitrogens with one attached hydrogen (secondary N) is 3. The molecule has 3 rings (SSSR count). The summed E-state index contributed by atoms with van der Waals surface area (Å²) in [6.45, 7) is 3.76. The fourth-order valence-corrected chi connectivity index (χ4v) is 3.70. The van der Waals surface area contributed by atoms with Crippen molar-refractivity contribution in [2.45, 2.75) is 50.7 Å². The Kier molecular flexibility index (Phi) is 6.29.